The summed E-state index contributed by atoms with van der Waals surface area (Å²) >= 11 is 7.74. The zero-order chi connectivity index (χ0) is 14.8. The van der Waals surface area contributed by atoms with E-state index in [0.29, 0.717) is 5.02 Å². The Morgan fingerprint density at radius 1 is 1.19 bits per heavy atom. The van der Waals surface area contributed by atoms with E-state index in [1.807, 2.05) is 18.2 Å². The van der Waals surface area contributed by atoms with Gasteiger partial charge < -0.3 is 4.74 Å². The molecule has 0 bridgehead atoms. The Morgan fingerprint density at radius 2 is 2.05 bits per heavy atom. The van der Waals surface area contributed by atoms with Crippen LogP contribution >= 0.6 is 22.9 Å². The van der Waals surface area contributed by atoms with Crippen LogP contribution in [0.1, 0.15) is 17.2 Å². The van der Waals surface area contributed by atoms with Gasteiger partial charge in [0.1, 0.15) is 5.75 Å². The minimum absolute atomic E-state index is 0.153. The van der Waals surface area contributed by atoms with Gasteiger partial charge >= 0.3 is 0 Å². The maximum atomic E-state index is 6.04. The SMILES string of the molecule is COc1cc(Cl)ccc1C(NN)c1cccc2ccsc12. The molecule has 3 nitrogen and oxygen atoms in total. The highest BCUT2D eigenvalue weighted by molar-refractivity contribution is 7.17. The molecule has 0 amide bonds. The molecule has 0 saturated heterocycles. The molecule has 0 saturated carbocycles. The number of halogens is 1. The molecule has 0 radical (unpaired) electrons. The second-order valence-corrected chi connectivity index (χ2v) is 6.02. The van der Waals surface area contributed by atoms with Crippen LogP contribution in [-0.2, 0) is 0 Å². The van der Waals surface area contributed by atoms with Gasteiger partial charge in [-0.3, -0.25) is 5.84 Å². The molecule has 2 aromatic carbocycles. The monoisotopic (exact) mass is 318 g/mol. The number of nitrogens with two attached hydrogens (primary N) is 1. The quantitative estimate of drug-likeness (QED) is 0.562. The summed E-state index contributed by atoms with van der Waals surface area (Å²) in [4.78, 5) is 0. The van der Waals surface area contributed by atoms with Crippen molar-refractivity contribution in [1.29, 1.82) is 0 Å². The van der Waals surface area contributed by atoms with Gasteiger partial charge in [0, 0.05) is 15.3 Å². The number of fused-ring (bicyclic) bond motifs is 1. The summed E-state index contributed by atoms with van der Waals surface area (Å²) in [6, 6.07) is 13.8. The highest BCUT2D eigenvalue weighted by Gasteiger charge is 2.19. The van der Waals surface area contributed by atoms with E-state index in [1.54, 1.807) is 24.5 Å². The van der Waals surface area contributed by atoms with Crippen LogP contribution in [-0.4, -0.2) is 7.11 Å². The smallest absolute Gasteiger partial charge is 0.125 e. The van der Waals surface area contributed by atoms with Crippen LogP contribution in [0.3, 0.4) is 0 Å². The van der Waals surface area contributed by atoms with Gasteiger partial charge in [-0.2, -0.15) is 0 Å². The average molecular weight is 319 g/mol. The summed E-state index contributed by atoms with van der Waals surface area (Å²) in [5.41, 5.74) is 4.99. The molecule has 0 aliphatic carbocycles. The Kier molecular flexibility index (Phi) is 4.12. The second-order valence-electron chi connectivity index (χ2n) is 4.67. The van der Waals surface area contributed by atoms with Gasteiger partial charge in [-0.25, -0.2) is 5.43 Å². The standard InChI is InChI=1S/C16H15ClN2OS/c1-20-14-9-11(17)5-6-12(14)15(19-18)13-4-2-3-10-7-8-21-16(10)13/h2-9,15,19H,18H2,1H3. The number of thiophene rings is 1. The molecule has 0 aliphatic rings. The third-order valence-electron chi connectivity index (χ3n) is 3.49. The second kappa shape index (κ2) is 6.03. The molecule has 5 heteroatoms. The summed E-state index contributed by atoms with van der Waals surface area (Å²) in [5.74, 6) is 6.55. The maximum Gasteiger partial charge on any atom is 0.125 e. The lowest BCUT2D eigenvalue weighted by Crippen LogP contribution is -2.29. The Hall–Kier alpha value is -1.59. The molecule has 3 rings (SSSR count). The molecule has 1 unspecified atom stereocenters. The molecule has 1 aromatic heterocycles. The van der Waals surface area contributed by atoms with Gasteiger partial charge in [-0.1, -0.05) is 35.9 Å². The van der Waals surface area contributed by atoms with Gasteiger partial charge in [-0.15, -0.1) is 11.3 Å². The molecule has 21 heavy (non-hydrogen) atoms. The van der Waals surface area contributed by atoms with E-state index in [9.17, 15) is 0 Å². The number of benzene rings is 2. The van der Waals surface area contributed by atoms with Gasteiger partial charge in [0.15, 0.2) is 0 Å². The number of hydrogen-bond acceptors (Lipinski definition) is 4. The molecule has 108 valence electrons. The van der Waals surface area contributed by atoms with Crippen molar-refractivity contribution in [2.24, 2.45) is 5.84 Å². The molecule has 0 aliphatic heterocycles. The number of methoxy groups -OCH3 is 1. The lowest BCUT2D eigenvalue weighted by molar-refractivity contribution is 0.404. The van der Waals surface area contributed by atoms with E-state index in [-0.39, 0.29) is 6.04 Å². The average Bonchev–Trinajstić information content (AvgIpc) is 2.98. The van der Waals surface area contributed by atoms with E-state index >= 15 is 0 Å². The van der Waals surface area contributed by atoms with Gasteiger partial charge in [0.25, 0.3) is 0 Å². The fourth-order valence-corrected chi connectivity index (χ4v) is 3.62. The van der Waals surface area contributed by atoms with Crippen LogP contribution in [0.25, 0.3) is 10.1 Å². The summed E-state index contributed by atoms with van der Waals surface area (Å²) in [6.45, 7) is 0. The fourth-order valence-electron chi connectivity index (χ4n) is 2.51. The first-order valence-corrected chi connectivity index (χ1v) is 7.76. The minimum Gasteiger partial charge on any atom is -0.496 e. The molecule has 3 N–H and O–H groups in total. The highest BCUT2D eigenvalue weighted by Crippen LogP contribution is 2.36. The van der Waals surface area contributed by atoms with Gasteiger partial charge in [0.05, 0.1) is 13.2 Å². The number of nitrogens with one attached hydrogen (secondary N) is 1. The largest absolute Gasteiger partial charge is 0.496 e. The molecule has 3 aromatic rings. The van der Waals surface area contributed by atoms with E-state index in [2.05, 4.69) is 29.0 Å². The highest BCUT2D eigenvalue weighted by atomic mass is 35.5. The van der Waals surface area contributed by atoms with Crippen LogP contribution in [0.15, 0.2) is 47.8 Å². The van der Waals surface area contributed by atoms with Crippen LogP contribution in [0, 0.1) is 0 Å². The number of hydrogen-bond donors (Lipinski definition) is 2. The summed E-state index contributed by atoms with van der Waals surface area (Å²) in [7, 11) is 1.63. The molecule has 0 spiro atoms. The van der Waals surface area contributed by atoms with Crippen molar-refractivity contribution in [2.75, 3.05) is 7.11 Å². The van der Waals surface area contributed by atoms with Crippen molar-refractivity contribution in [3.63, 3.8) is 0 Å². The predicted octanol–water partition coefficient (Wildman–Crippen LogP) is 4.12. The molecule has 0 fully saturated rings. The lowest BCUT2D eigenvalue weighted by Gasteiger charge is -2.20. The number of hydrazine groups is 1. The summed E-state index contributed by atoms with van der Waals surface area (Å²) < 4.78 is 6.67. The van der Waals surface area contributed by atoms with Crippen LogP contribution in [0.5, 0.6) is 5.75 Å². The Morgan fingerprint density at radius 3 is 2.81 bits per heavy atom. The normalized spacial score (nSPS) is 12.5. The van der Waals surface area contributed by atoms with Crippen molar-refractivity contribution >= 4 is 33.0 Å². The molecule has 1 atom stereocenters. The Balaban J connectivity index is 2.16. The fraction of sp³-hybridized carbons (Fsp3) is 0.125. The summed E-state index contributed by atoms with van der Waals surface area (Å²) in [5, 5.41) is 3.94. The maximum absolute atomic E-state index is 6.04. The van der Waals surface area contributed by atoms with E-state index in [1.165, 1.54) is 10.1 Å². The minimum atomic E-state index is -0.153. The first kappa shape index (κ1) is 14.4. The van der Waals surface area contributed by atoms with Crippen LogP contribution in [0.4, 0.5) is 0 Å². The van der Waals surface area contributed by atoms with E-state index in [0.717, 1.165) is 16.9 Å². The van der Waals surface area contributed by atoms with Crippen LogP contribution in [0.2, 0.25) is 5.02 Å². The third kappa shape index (κ3) is 2.63. The number of ether oxygens (including phenoxy) is 1. The molecular formula is C16H15ClN2OS. The third-order valence-corrected chi connectivity index (χ3v) is 4.71. The summed E-state index contributed by atoms with van der Waals surface area (Å²) in [6.07, 6.45) is 0. The zero-order valence-corrected chi connectivity index (χ0v) is 13.0. The number of rotatable bonds is 4. The topological polar surface area (TPSA) is 47.3 Å². The van der Waals surface area contributed by atoms with Crippen molar-refractivity contribution in [3.8, 4) is 5.75 Å². The van der Waals surface area contributed by atoms with Crippen molar-refractivity contribution in [2.45, 2.75) is 6.04 Å². The van der Waals surface area contributed by atoms with Crippen LogP contribution < -0.4 is 16.0 Å². The first-order chi connectivity index (χ1) is 10.2. The first-order valence-electron chi connectivity index (χ1n) is 6.50. The predicted molar refractivity (Wildman–Crippen MR) is 89.0 cm³/mol. The Labute approximate surface area is 132 Å². The van der Waals surface area contributed by atoms with Crippen molar-refractivity contribution in [3.05, 3.63) is 64.0 Å². The van der Waals surface area contributed by atoms with Crippen molar-refractivity contribution < 1.29 is 4.74 Å². The van der Waals surface area contributed by atoms with E-state index in [4.69, 9.17) is 22.2 Å². The lowest BCUT2D eigenvalue weighted by atomic mass is 9.97. The Bertz CT molecular complexity index is 772. The van der Waals surface area contributed by atoms with E-state index < -0.39 is 0 Å². The molecular weight excluding hydrogens is 304 g/mol. The van der Waals surface area contributed by atoms with Crippen molar-refractivity contribution in [1.82, 2.24) is 5.43 Å². The van der Waals surface area contributed by atoms with Gasteiger partial charge in [0.2, 0.25) is 0 Å². The zero-order valence-electron chi connectivity index (χ0n) is 11.5. The molecule has 1 heterocycles. The van der Waals surface area contributed by atoms with Gasteiger partial charge in [-0.05, 0) is 34.5 Å².